The minimum absolute atomic E-state index is 0.169. The molecule has 2 amide bonds. The van der Waals surface area contributed by atoms with Crippen molar-refractivity contribution in [1.29, 1.82) is 0 Å². The number of aryl methyl sites for hydroxylation is 1. The number of carbonyl (C=O) groups is 1. The van der Waals surface area contributed by atoms with Gasteiger partial charge in [-0.15, -0.1) is 0 Å². The maximum atomic E-state index is 13.1. The number of amides is 2. The standard InChI is InChI=1S/C14H19FN2O3/c1-10-8-11(2-3-12(10)15)17-13(18)16-9-14(19)4-6-20-7-5-14/h2-3,8,19H,4-7,9H2,1H3,(H2,16,17,18). The Kier molecular flexibility index (Phi) is 4.57. The third kappa shape index (κ3) is 3.91. The molecule has 1 saturated heterocycles. The summed E-state index contributed by atoms with van der Waals surface area (Å²) in [6, 6.07) is 3.93. The van der Waals surface area contributed by atoms with Crippen LogP contribution in [0.25, 0.3) is 0 Å². The first-order valence-electron chi connectivity index (χ1n) is 6.60. The molecule has 110 valence electrons. The lowest BCUT2D eigenvalue weighted by Crippen LogP contribution is -2.47. The topological polar surface area (TPSA) is 70.6 Å². The molecule has 0 atom stereocenters. The molecule has 0 bridgehead atoms. The van der Waals surface area contributed by atoms with Gasteiger partial charge in [0.1, 0.15) is 5.82 Å². The Morgan fingerprint density at radius 2 is 2.15 bits per heavy atom. The van der Waals surface area contributed by atoms with E-state index in [9.17, 15) is 14.3 Å². The van der Waals surface area contributed by atoms with Gasteiger partial charge < -0.3 is 20.5 Å². The Balaban J connectivity index is 1.84. The first-order chi connectivity index (χ1) is 9.48. The molecular weight excluding hydrogens is 263 g/mol. The number of anilines is 1. The number of aliphatic hydroxyl groups is 1. The van der Waals surface area contributed by atoms with Crippen molar-refractivity contribution in [1.82, 2.24) is 5.32 Å². The highest BCUT2D eigenvalue weighted by Crippen LogP contribution is 2.19. The van der Waals surface area contributed by atoms with Crippen LogP contribution < -0.4 is 10.6 Å². The van der Waals surface area contributed by atoms with Crippen molar-refractivity contribution in [3.63, 3.8) is 0 Å². The highest BCUT2D eigenvalue weighted by molar-refractivity contribution is 5.89. The Bertz CT molecular complexity index is 487. The van der Waals surface area contributed by atoms with E-state index >= 15 is 0 Å². The third-order valence-corrected chi connectivity index (χ3v) is 3.42. The van der Waals surface area contributed by atoms with Gasteiger partial charge in [0.05, 0.1) is 5.60 Å². The molecule has 1 heterocycles. The summed E-state index contributed by atoms with van der Waals surface area (Å²) in [5, 5.41) is 15.4. The van der Waals surface area contributed by atoms with E-state index in [0.29, 0.717) is 37.3 Å². The second-order valence-electron chi connectivity index (χ2n) is 5.11. The molecule has 0 aromatic heterocycles. The maximum absolute atomic E-state index is 13.1. The normalized spacial score (nSPS) is 17.6. The zero-order valence-corrected chi connectivity index (χ0v) is 11.4. The Morgan fingerprint density at radius 3 is 2.80 bits per heavy atom. The van der Waals surface area contributed by atoms with Gasteiger partial charge in [0.2, 0.25) is 0 Å². The minimum atomic E-state index is -0.908. The SMILES string of the molecule is Cc1cc(NC(=O)NCC2(O)CCOCC2)ccc1F. The summed E-state index contributed by atoms with van der Waals surface area (Å²) in [4.78, 5) is 11.7. The van der Waals surface area contributed by atoms with Crippen molar-refractivity contribution in [2.24, 2.45) is 0 Å². The molecule has 1 aromatic carbocycles. The summed E-state index contributed by atoms with van der Waals surface area (Å²) in [6.07, 6.45) is 1.01. The van der Waals surface area contributed by atoms with Gasteiger partial charge in [0.15, 0.2) is 0 Å². The molecule has 1 aliphatic heterocycles. The molecule has 2 rings (SSSR count). The van der Waals surface area contributed by atoms with E-state index in [1.54, 1.807) is 13.0 Å². The quantitative estimate of drug-likeness (QED) is 0.791. The molecule has 0 radical (unpaired) electrons. The lowest BCUT2D eigenvalue weighted by atomic mass is 9.94. The Hall–Kier alpha value is -1.66. The third-order valence-electron chi connectivity index (χ3n) is 3.42. The summed E-state index contributed by atoms with van der Waals surface area (Å²) in [6.45, 7) is 2.79. The average molecular weight is 282 g/mol. The van der Waals surface area contributed by atoms with Crippen molar-refractivity contribution in [3.8, 4) is 0 Å². The lowest BCUT2D eigenvalue weighted by Gasteiger charge is -2.32. The Labute approximate surface area is 117 Å². The summed E-state index contributed by atoms with van der Waals surface area (Å²) >= 11 is 0. The summed E-state index contributed by atoms with van der Waals surface area (Å²) in [7, 11) is 0. The first-order valence-corrected chi connectivity index (χ1v) is 6.60. The molecule has 20 heavy (non-hydrogen) atoms. The number of rotatable bonds is 3. The first kappa shape index (κ1) is 14.7. The van der Waals surface area contributed by atoms with Gasteiger partial charge in [-0.25, -0.2) is 9.18 Å². The summed E-state index contributed by atoms with van der Waals surface area (Å²) in [5.74, 6) is -0.313. The highest BCUT2D eigenvalue weighted by Gasteiger charge is 2.30. The van der Waals surface area contributed by atoms with E-state index in [1.807, 2.05) is 0 Å². The monoisotopic (exact) mass is 282 g/mol. The molecule has 5 nitrogen and oxygen atoms in total. The van der Waals surface area contributed by atoms with Gasteiger partial charge in [0, 0.05) is 38.3 Å². The zero-order chi connectivity index (χ0) is 14.6. The molecular formula is C14H19FN2O3. The maximum Gasteiger partial charge on any atom is 0.319 e. The van der Waals surface area contributed by atoms with Crippen LogP contribution in [0.4, 0.5) is 14.9 Å². The van der Waals surface area contributed by atoms with Crippen LogP contribution in [0.1, 0.15) is 18.4 Å². The number of nitrogens with one attached hydrogen (secondary N) is 2. The fourth-order valence-corrected chi connectivity index (χ4v) is 2.07. The smallest absolute Gasteiger partial charge is 0.319 e. The second-order valence-corrected chi connectivity index (χ2v) is 5.11. The molecule has 1 aliphatic rings. The van der Waals surface area contributed by atoms with Crippen LogP contribution in [-0.2, 0) is 4.74 Å². The molecule has 0 unspecified atom stereocenters. The van der Waals surface area contributed by atoms with E-state index in [1.165, 1.54) is 12.1 Å². The fraction of sp³-hybridized carbons (Fsp3) is 0.500. The van der Waals surface area contributed by atoms with Crippen LogP contribution in [0.3, 0.4) is 0 Å². The van der Waals surface area contributed by atoms with Crippen LogP contribution in [0.5, 0.6) is 0 Å². The van der Waals surface area contributed by atoms with E-state index in [0.717, 1.165) is 0 Å². The molecule has 1 aromatic rings. The molecule has 3 N–H and O–H groups in total. The lowest BCUT2D eigenvalue weighted by molar-refractivity contribution is -0.0598. The number of hydrogen-bond acceptors (Lipinski definition) is 3. The molecule has 0 spiro atoms. The number of ether oxygens (including phenoxy) is 1. The highest BCUT2D eigenvalue weighted by atomic mass is 19.1. The summed E-state index contributed by atoms with van der Waals surface area (Å²) in [5.41, 5.74) is 0.0696. The second kappa shape index (κ2) is 6.19. The number of carbonyl (C=O) groups excluding carboxylic acids is 1. The van der Waals surface area contributed by atoms with Crippen molar-refractivity contribution < 1.29 is 19.0 Å². The van der Waals surface area contributed by atoms with Crippen molar-refractivity contribution in [2.45, 2.75) is 25.4 Å². The van der Waals surface area contributed by atoms with Gasteiger partial charge in [-0.05, 0) is 30.7 Å². The Morgan fingerprint density at radius 1 is 1.45 bits per heavy atom. The van der Waals surface area contributed by atoms with Crippen LogP contribution in [0, 0.1) is 12.7 Å². The van der Waals surface area contributed by atoms with Crippen LogP contribution in [0.2, 0.25) is 0 Å². The summed E-state index contributed by atoms with van der Waals surface area (Å²) < 4.78 is 18.3. The molecule has 6 heteroatoms. The van der Waals surface area contributed by atoms with Crippen molar-refractivity contribution in [2.75, 3.05) is 25.1 Å². The largest absolute Gasteiger partial charge is 0.388 e. The fourth-order valence-electron chi connectivity index (χ4n) is 2.07. The van der Waals surface area contributed by atoms with Crippen molar-refractivity contribution in [3.05, 3.63) is 29.6 Å². The molecule has 0 aliphatic carbocycles. The van der Waals surface area contributed by atoms with Gasteiger partial charge in [-0.2, -0.15) is 0 Å². The van der Waals surface area contributed by atoms with Crippen LogP contribution in [-0.4, -0.2) is 36.5 Å². The minimum Gasteiger partial charge on any atom is -0.388 e. The number of halogens is 1. The number of benzene rings is 1. The van der Waals surface area contributed by atoms with Gasteiger partial charge in [0.25, 0.3) is 0 Å². The van der Waals surface area contributed by atoms with Gasteiger partial charge in [-0.3, -0.25) is 0 Å². The number of hydrogen-bond donors (Lipinski definition) is 3. The van der Waals surface area contributed by atoms with E-state index < -0.39 is 11.6 Å². The van der Waals surface area contributed by atoms with Crippen LogP contribution in [0.15, 0.2) is 18.2 Å². The van der Waals surface area contributed by atoms with Crippen LogP contribution >= 0.6 is 0 Å². The van der Waals surface area contributed by atoms with E-state index in [4.69, 9.17) is 4.74 Å². The molecule has 0 saturated carbocycles. The predicted octanol–water partition coefficient (Wildman–Crippen LogP) is 1.80. The molecule has 1 fully saturated rings. The predicted molar refractivity (Wildman–Crippen MR) is 73.2 cm³/mol. The van der Waals surface area contributed by atoms with Gasteiger partial charge >= 0.3 is 6.03 Å². The van der Waals surface area contributed by atoms with E-state index in [-0.39, 0.29) is 12.4 Å². The average Bonchev–Trinajstić information content (AvgIpc) is 2.42. The zero-order valence-electron chi connectivity index (χ0n) is 11.4. The van der Waals surface area contributed by atoms with Crippen molar-refractivity contribution >= 4 is 11.7 Å². The van der Waals surface area contributed by atoms with E-state index in [2.05, 4.69) is 10.6 Å². The van der Waals surface area contributed by atoms with Gasteiger partial charge in [-0.1, -0.05) is 0 Å². The number of urea groups is 1.